The second kappa shape index (κ2) is 7.66. The zero-order chi connectivity index (χ0) is 17.9. The Morgan fingerprint density at radius 1 is 1.00 bits per heavy atom. The Labute approximate surface area is 153 Å². The van der Waals surface area contributed by atoms with Crippen LogP contribution >= 0.6 is 0 Å². The number of fused-ring (bicyclic) bond motifs is 3. The molecule has 0 bridgehead atoms. The zero-order valence-corrected chi connectivity index (χ0v) is 15.3. The Balaban J connectivity index is 1.36. The van der Waals surface area contributed by atoms with Crippen LogP contribution in [0.1, 0.15) is 6.92 Å². The first kappa shape index (κ1) is 17.3. The van der Waals surface area contributed by atoms with E-state index in [1.165, 1.54) is 24.5 Å². The maximum atomic E-state index is 10.4. The normalized spacial score (nSPS) is 21.9. The number of piperazine rings is 1. The summed E-state index contributed by atoms with van der Waals surface area (Å²) < 4.78 is 11.7. The predicted octanol–water partition coefficient (Wildman–Crippen LogP) is 0.129. The number of rotatable bonds is 6. The lowest BCUT2D eigenvalue weighted by atomic mass is 10.1. The molecule has 0 saturated carbocycles. The third-order valence-electron chi connectivity index (χ3n) is 5.48. The summed E-state index contributed by atoms with van der Waals surface area (Å²) in [5.74, 6) is 0.776. The molecule has 26 heavy (non-hydrogen) atoms. The summed E-state index contributed by atoms with van der Waals surface area (Å²) >= 11 is 0. The average molecular weight is 356 g/mol. The molecule has 0 amide bonds. The molecule has 5 nitrogen and oxygen atoms in total. The number of hydrogen-bond acceptors (Lipinski definition) is 3. The van der Waals surface area contributed by atoms with E-state index in [0.717, 1.165) is 47.3 Å². The van der Waals surface area contributed by atoms with Gasteiger partial charge < -0.3 is 24.1 Å². The molecule has 1 aliphatic rings. The molecule has 1 aromatic heterocycles. The molecule has 4 rings (SSSR count). The molecule has 0 radical (unpaired) electrons. The second-order valence-electron chi connectivity index (χ2n) is 7.28. The molecule has 138 valence electrons. The van der Waals surface area contributed by atoms with Crippen LogP contribution in [-0.2, 0) is 0 Å². The third-order valence-corrected chi connectivity index (χ3v) is 5.48. The van der Waals surface area contributed by atoms with Crippen molar-refractivity contribution in [2.24, 2.45) is 0 Å². The van der Waals surface area contributed by atoms with E-state index in [4.69, 9.17) is 9.15 Å². The van der Waals surface area contributed by atoms with Crippen LogP contribution in [-0.4, -0.2) is 57.1 Å². The Morgan fingerprint density at radius 2 is 1.73 bits per heavy atom. The van der Waals surface area contributed by atoms with Gasteiger partial charge in [0.25, 0.3) is 0 Å². The van der Waals surface area contributed by atoms with Gasteiger partial charge in [-0.15, -0.1) is 0 Å². The molecule has 3 N–H and O–H groups in total. The summed E-state index contributed by atoms with van der Waals surface area (Å²) in [5, 5.41) is 12.5. The minimum Gasteiger partial charge on any atom is -0.491 e. The predicted molar refractivity (Wildman–Crippen MR) is 102 cm³/mol. The standard InChI is InChI=1S/C21H26N2O3/c1-2-22-9-11-23(12-10-22)14-16(24)15-25-17-7-8-21-19(13-17)18-5-3-4-6-20(18)26-21/h3-8,13,16,24H,2,9-12,14-15H2,1H3/p+2/t16-/m0/s1. The van der Waals surface area contributed by atoms with Gasteiger partial charge in [0.2, 0.25) is 0 Å². The summed E-state index contributed by atoms with van der Waals surface area (Å²) in [6.07, 6.45) is -0.440. The maximum Gasteiger partial charge on any atom is 0.137 e. The first-order valence-corrected chi connectivity index (χ1v) is 9.62. The van der Waals surface area contributed by atoms with Crippen LogP contribution in [0.25, 0.3) is 21.9 Å². The van der Waals surface area contributed by atoms with Crippen molar-refractivity contribution >= 4 is 21.9 Å². The fraction of sp³-hybridized carbons (Fsp3) is 0.429. The average Bonchev–Trinajstić information content (AvgIpc) is 3.05. The van der Waals surface area contributed by atoms with Gasteiger partial charge in [-0.2, -0.15) is 0 Å². The van der Waals surface area contributed by atoms with Crippen LogP contribution < -0.4 is 14.5 Å². The van der Waals surface area contributed by atoms with Gasteiger partial charge in [-0.1, -0.05) is 18.2 Å². The van der Waals surface area contributed by atoms with E-state index in [1.54, 1.807) is 4.90 Å². The molecule has 2 heterocycles. The lowest BCUT2D eigenvalue weighted by molar-refractivity contribution is -1.01. The first-order valence-electron chi connectivity index (χ1n) is 9.62. The summed E-state index contributed by atoms with van der Waals surface area (Å²) in [4.78, 5) is 3.15. The molecule has 1 aliphatic heterocycles. The van der Waals surface area contributed by atoms with Gasteiger partial charge in [-0.3, -0.25) is 0 Å². The Bertz CT molecular complexity index is 868. The van der Waals surface area contributed by atoms with Crippen molar-refractivity contribution in [2.75, 3.05) is 45.9 Å². The van der Waals surface area contributed by atoms with Gasteiger partial charge in [0.1, 0.15) is 62.4 Å². The van der Waals surface area contributed by atoms with E-state index in [0.29, 0.717) is 6.61 Å². The Hall–Kier alpha value is -2.08. The third kappa shape index (κ3) is 3.70. The molecule has 1 saturated heterocycles. The number of benzene rings is 2. The van der Waals surface area contributed by atoms with Crippen molar-refractivity contribution in [1.29, 1.82) is 0 Å². The van der Waals surface area contributed by atoms with Crippen LogP contribution in [0.4, 0.5) is 0 Å². The summed E-state index contributed by atoms with van der Waals surface area (Å²) in [6.45, 7) is 9.18. The number of ether oxygens (including phenoxy) is 1. The number of aliphatic hydroxyl groups is 1. The van der Waals surface area contributed by atoms with E-state index in [1.807, 2.05) is 36.4 Å². The molecule has 5 heteroatoms. The van der Waals surface area contributed by atoms with E-state index in [9.17, 15) is 5.11 Å². The molecule has 3 aromatic rings. The van der Waals surface area contributed by atoms with E-state index in [2.05, 4.69) is 13.0 Å². The van der Waals surface area contributed by atoms with Gasteiger partial charge in [0.05, 0.1) is 6.54 Å². The maximum absolute atomic E-state index is 10.4. The van der Waals surface area contributed by atoms with Crippen LogP contribution in [0.3, 0.4) is 0 Å². The van der Waals surface area contributed by atoms with Gasteiger partial charge in [0.15, 0.2) is 0 Å². The van der Waals surface area contributed by atoms with Crippen molar-refractivity contribution in [3.05, 3.63) is 42.5 Å². The van der Waals surface area contributed by atoms with Crippen LogP contribution in [0.15, 0.2) is 46.9 Å². The van der Waals surface area contributed by atoms with Crippen molar-refractivity contribution in [1.82, 2.24) is 0 Å². The highest BCUT2D eigenvalue weighted by atomic mass is 16.5. The molecular weight excluding hydrogens is 328 g/mol. The summed E-state index contributed by atoms with van der Waals surface area (Å²) in [6, 6.07) is 13.9. The molecule has 0 unspecified atom stereocenters. The number of aliphatic hydroxyl groups excluding tert-OH is 1. The molecule has 2 aromatic carbocycles. The van der Waals surface area contributed by atoms with Crippen molar-refractivity contribution in [3.8, 4) is 5.75 Å². The van der Waals surface area contributed by atoms with Gasteiger partial charge >= 0.3 is 0 Å². The van der Waals surface area contributed by atoms with Crippen LogP contribution in [0, 0.1) is 0 Å². The topological polar surface area (TPSA) is 51.5 Å². The quantitative estimate of drug-likeness (QED) is 0.589. The monoisotopic (exact) mass is 356 g/mol. The number of quaternary nitrogens is 2. The number of likely N-dealkylation sites (N-methyl/N-ethyl adjacent to an activating group) is 1. The summed E-state index contributed by atoms with van der Waals surface area (Å²) in [5.41, 5.74) is 1.75. The SMILES string of the molecule is CC[NH+]1CC[NH+](C[C@H](O)COc2ccc3oc4ccccc4c3c2)CC1. The van der Waals surface area contributed by atoms with E-state index in [-0.39, 0.29) is 0 Å². The smallest absolute Gasteiger partial charge is 0.137 e. The number of hydrogen-bond donors (Lipinski definition) is 3. The zero-order valence-electron chi connectivity index (χ0n) is 15.3. The number of furan rings is 1. The van der Waals surface area contributed by atoms with E-state index < -0.39 is 6.10 Å². The summed E-state index contributed by atoms with van der Waals surface area (Å²) in [7, 11) is 0. The van der Waals surface area contributed by atoms with Crippen LogP contribution in [0.2, 0.25) is 0 Å². The first-order chi connectivity index (χ1) is 12.7. The van der Waals surface area contributed by atoms with E-state index >= 15 is 0 Å². The van der Waals surface area contributed by atoms with Crippen LogP contribution in [0.5, 0.6) is 5.75 Å². The lowest BCUT2D eigenvalue weighted by Crippen LogP contribution is -3.28. The minimum absolute atomic E-state index is 0.329. The fourth-order valence-corrected chi connectivity index (χ4v) is 3.89. The molecule has 1 atom stereocenters. The molecular formula is C21H28N2O3+2. The number of nitrogens with one attached hydrogen (secondary N) is 2. The Kier molecular flexibility index (Phi) is 5.11. The lowest BCUT2D eigenvalue weighted by Gasteiger charge is -2.30. The highest BCUT2D eigenvalue weighted by Crippen LogP contribution is 2.31. The second-order valence-corrected chi connectivity index (χ2v) is 7.28. The van der Waals surface area contributed by atoms with Gasteiger partial charge in [-0.25, -0.2) is 0 Å². The minimum atomic E-state index is -0.440. The fourth-order valence-electron chi connectivity index (χ4n) is 3.89. The number of para-hydroxylation sites is 1. The molecule has 1 fully saturated rings. The molecule has 0 spiro atoms. The molecule has 0 aliphatic carbocycles. The highest BCUT2D eigenvalue weighted by Gasteiger charge is 2.24. The highest BCUT2D eigenvalue weighted by molar-refractivity contribution is 6.05. The Morgan fingerprint density at radius 3 is 2.54 bits per heavy atom. The largest absolute Gasteiger partial charge is 0.491 e. The van der Waals surface area contributed by atoms with Crippen molar-refractivity contribution in [2.45, 2.75) is 13.0 Å². The van der Waals surface area contributed by atoms with Gasteiger partial charge in [0, 0.05) is 10.8 Å². The van der Waals surface area contributed by atoms with Crippen molar-refractivity contribution < 1.29 is 24.1 Å². The van der Waals surface area contributed by atoms with Crippen molar-refractivity contribution in [3.63, 3.8) is 0 Å². The van der Waals surface area contributed by atoms with Gasteiger partial charge in [-0.05, 0) is 31.2 Å².